The van der Waals surface area contributed by atoms with Crippen LogP contribution in [-0.2, 0) is 28.9 Å². The zero-order chi connectivity index (χ0) is 22.8. The van der Waals surface area contributed by atoms with Crippen molar-refractivity contribution in [3.05, 3.63) is 44.5 Å². The number of nitrogens with zero attached hydrogens (tertiary/aromatic N) is 3. The number of aryl methyl sites for hydroxylation is 2. The van der Waals surface area contributed by atoms with E-state index in [1.54, 1.807) is 17.4 Å². The van der Waals surface area contributed by atoms with Gasteiger partial charge in [-0.3, -0.25) is 9.36 Å². The third kappa shape index (κ3) is 4.26. The molecule has 1 aliphatic carbocycles. The number of allylic oxidation sites excluding steroid dienone is 1. The maximum atomic E-state index is 12.7. The van der Waals surface area contributed by atoms with Crippen LogP contribution < -0.4 is 5.32 Å². The van der Waals surface area contributed by atoms with Crippen molar-refractivity contribution < 1.29 is 14.3 Å². The predicted molar refractivity (Wildman–Crippen MR) is 130 cm³/mol. The van der Waals surface area contributed by atoms with Crippen molar-refractivity contribution in [1.29, 1.82) is 0 Å². The molecule has 168 valence electrons. The first-order valence-corrected chi connectivity index (χ1v) is 12.9. The zero-order valence-electron chi connectivity index (χ0n) is 18.2. The van der Waals surface area contributed by atoms with Crippen molar-refractivity contribution >= 4 is 51.3 Å². The normalized spacial score (nSPS) is 12.6. The summed E-state index contributed by atoms with van der Waals surface area (Å²) in [6.07, 6.45) is 4.60. The van der Waals surface area contributed by atoms with Gasteiger partial charge in [-0.2, -0.15) is 0 Å². The molecule has 0 atom stereocenters. The number of aromatic nitrogens is 3. The van der Waals surface area contributed by atoms with E-state index in [9.17, 15) is 9.59 Å². The number of hydrogen-bond acceptors (Lipinski definition) is 8. The number of rotatable bonds is 8. The van der Waals surface area contributed by atoms with Gasteiger partial charge in [0.15, 0.2) is 11.0 Å². The summed E-state index contributed by atoms with van der Waals surface area (Å²) in [4.78, 5) is 27.4. The lowest BCUT2D eigenvalue weighted by Crippen LogP contribution is -2.16. The van der Waals surface area contributed by atoms with Gasteiger partial charge in [0.2, 0.25) is 5.91 Å². The molecule has 3 aromatic rings. The second kappa shape index (κ2) is 9.60. The molecule has 1 N–H and O–H groups in total. The summed E-state index contributed by atoms with van der Waals surface area (Å²) in [5, 5.41) is 14.9. The van der Waals surface area contributed by atoms with Gasteiger partial charge in [-0.05, 0) is 44.2 Å². The molecule has 0 fully saturated rings. The summed E-state index contributed by atoms with van der Waals surface area (Å²) in [7, 11) is 1.36. The smallest absolute Gasteiger partial charge is 0.341 e. The molecule has 32 heavy (non-hydrogen) atoms. The summed E-state index contributed by atoms with van der Waals surface area (Å²) >= 11 is 4.47. The highest BCUT2D eigenvalue weighted by molar-refractivity contribution is 7.99. The Balaban J connectivity index is 1.50. The minimum Gasteiger partial charge on any atom is -0.465 e. The number of esters is 1. The Kier molecular flexibility index (Phi) is 6.82. The Morgan fingerprint density at radius 1 is 1.34 bits per heavy atom. The van der Waals surface area contributed by atoms with E-state index in [0.717, 1.165) is 41.1 Å². The molecule has 3 heterocycles. The molecule has 0 saturated carbocycles. The van der Waals surface area contributed by atoms with E-state index in [4.69, 9.17) is 4.74 Å². The Morgan fingerprint density at radius 3 is 2.84 bits per heavy atom. The van der Waals surface area contributed by atoms with Gasteiger partial charge < -0.3 is 10.1 Å². The molecule has 0 saturated heterocycles. The zero-order valence-corrected chi connectivity index (χ0v) is 20.6. The van der Waals surface area contributed by atoms with E-state index < -0.39 is 5.97 Å². The van der Waals surface area contributed by atoms with Gasteiger partial charge in [0, 0.05) is 27.2 Å². The van der Waals surface area contributed by atoms with Gasteiger partial charge in [0.1, 0.15) is 5.00 Å². The fourth-order valence-corrected chi connectivity index (χ4v) is 6.63. The highest BCUT2D eigenvalue weighted by atomic mass is 32.2. The molecule has 7 nitrogen and oxygen atoms in total. The second-order valence-electron chi connectivity index (χ2n) is 7.43. The van der Waals surface area contributed by atoms with Gasteiger partial charge in [-0.25, -0.2) is 4.79 Å². The summed E-state index contributed by atoms with van der Waals surface area (Å²) < 4.78 is 6.92. The van der Waals surface area contributed by atoms with Gasteiger partial charge in [0.25, 0.3) is 0 Å². The van der Waals surface area contributed by atoms with Crippen LogP contribution in [0.15, 0.2) is 23.2 Å². The van der Waals surface area contributed by atoms with Crippen molar-refractivity contribution in [2.24, 2.45) is 0 Å². The van der Waals surface area contributed by atoms with Crippen molar-refractivity contribution in [1.82, 2.24) is 14.8 Å². The standard InChI is InChI=1S/C22H24N4O3S3/c1-5-9-26-19(15-10-30-13(3)12(15)2)24-25-22(26)31-11-17(27)23-20-18(21(28)29-4)14-7-6-8-16(14)32-20/h5,10H,1,6-9,11H2,2-4H3,(H,23,27). The minimum atomic E-state index is -0.399. The molecule has 1 aliphatic rings. The SMILES string of the molecule is C=CCn1c(SCC(=O)Nc2sc3c(c2C(=O)OC)CCC3)nnc1-c1csc(C)c1C. The first-order chi connectivity index (χ1) is 15.4. The largest absolute Gasteiger partial charge is 0.465 e. The number of ether oxygens (including phenoxy) is 1. The molecule has 4 rings (SSSR count). The molecular weight excluding hydrogens is 464 g/mol. The van der Waals surface area contributed by atoms with Crippen LogP contribution in [0, 0.1) is 13.8 Å². The van der Waals surface area contributed by atoms with Crippen LogP contribution in [0.4, 0.5) is 5.00 Å². The first kappa shape index (κ1) is 22.8. The number of thiophene rings is 2. The number of carbonyl (C=O) groups excluding carboxylic acids is 2. The summed E-state index contributed by atoms with van der Waals surface area (Å²) in [5.41, 5.74) is 3.75. The number of carbonyl (C=O) groups is 2. The van der Waals surface area contributed by atoms with Crippen LogP contribution in [0.3, 0.4) is 0 Å². The Bertz CT molecular complexity index is 1190. The van der Waals surface area contributed by atoms with Gasteiger partial charge in [-0.1, -0.05) is 17.8 Å². The van der Waals surface area contributed by atoms with Gasteiger partial charge >= 0.3 is 5.97 Å². The van der Waals surface area contributed by atoms with E-state index in [2.05, 4.69) is 41.3 Å². The number of methoxy groups -OCH3 is 1. The van der Waals surface area contributed by atoms with Gasteiger partial charge in [0.05, 0.1) is 18.4 Å². The summed E-state index contributed by atoms with van der Waals surface area (Å²) in [6.45, 7) is 8.55. The molecule has 0 spiro atoms. The van der Waals surface area contributed by atoms with Crippen LogP contribution in [0.25, 0.3) is 11.4 Å². The molecule has 0 radical (unpaired) electrons. The lowest BCUT2D eigenvalue weighted by Gasteiger charge is -2.09. The maximum absolute atomic E-state index is 12.7. The molecule has 0 aromatic carbocycles. The monoisotopic (exact) mass is 488 g/mol. The summed E-state index contributed by atoms with van der Waals surface area (Å²) in [6, 6.07) is 0. The number of fused-ring (bicyclic) bond motifs is 1. The third-order valence-corrected chi connectivity index (χ3v) is 8.64. The number of nitrogens with one attached hydrogen (secondary N) is 1. The molecule has 1 amide bonds. The average Bonchev–Trinajstić information content (AvgIpc) is 3.52. The number of amides is 1. The fourth-order valence-electron chi connectivity index (χ4n) is 3.73. The topological polar surface area (TPSA) is 86.1 Å². The van der Waals surface area contributed by atoms with Crippen molar-refractivity contribution in [2.45, 2.75) is 44.8 Å². The van der Waals surface area contributed by atoms with E-state index in [1.807, 2.05) is 4.57 Å². The Labute approximate surface area is 198 Å². The quantitative estimate of drug-likeness (QED) is 0.276. The van der Waals surface area contributed by atoms with E-state index in [0.29, 0.717) is 22.3 Å². The first-order valence-electron chi connectivity index (χ1n) is 10.2. The predicted octanol–water partition coefficient (Wildman–Crippen LogP) is 4.88. The van der Waals surface area contributed by atoms with Crippen LogP contribution in [0.1, 0.15) is 37.7 Å². The van der Waals surface area contributed by atoms with Gasteiger partial charge in [-0.15, -0.1) is 39.4 Å². The highest BCUT2D eigenvalue weighted by Crippen LogP contribution is 2.39. The van der Waals surface area contributed by atoms with Crippen molar-refractivity contribution in [3.8, 4) is 11.4 Å². The number of hydrogen-bond donors (Lipinski definition) is 1. The Hall–Kier alpha value is -2.43. The number of anilines is 1. The van der Waals surface area contributed by atoms with Crippen LogP contribution in [0.5, 0.6) is 0 Å². The van der Waals surface area contributed by atoms with Crippen LogP contribution in [0.2, 0.25) is 0 Å². The Morgan fingerprint density at radius 2 is 2.16 bits per heavy atom. The minimum absolute atomic E-state index is 0.153. The van der Waals surface area contributed by atoms with Crippen molar-refractivity contribution in [3.63, 3.8) is 0 Å². The fraction of sp³-hybridized carbons (Fsp3) is 0.364. The molecular formula is C22H24N4O3S3. The van der Waals surface area contributed by atoms with Crippen LogP contribution in [-0.4, -0.2) is 39.5 Å². The highest BCUT2D eigenvalue weighted by Gasteiger charge is 2.28. The number of thioether (sulfide) groups is 1. The summed E-state index contributed by atoms with van der Waals surface area (Å²) in [5.74, 6) is 0.332. The van der Waals surface area contributed by atoms with Crippen LogP contribution >= 0.6 is 34.4 Å². The molecule has 0 bridgehead atoms. The lowest BCUT2D eigenvalue weighted by molar-refractivity contribution is -0.113. The third-order valence-electron chi connectivity index (χ3n) is 5.45. The molecule has 0 aliphatic heterocycles. The molecule has 0 unspecified atom stereocenters. The molecule has 10 heteroatoms. The second-order valence-corrected chi connectivity index (χ2v) is 10.6. The average molecular weight is 489 g/mol. The lowest BCUT2D eigenvalue weighted by atomic mass is 10.1. The van der Waals surface area contributed by atoms with Crippen molar-refractivity contribution in [2.75, 3.05) is 18.2 Å². The van der Waals surface area contributed by atoms with E-state index >= 15 is 0 Å². The van der Waals surface area contributed by atoms with E-state index in [-0.39, 0.29) is 11.7 Å². The van der Waals surface area contributed by atoms with E-state index in [1.165, 1.54) is 40.6 Å². The maximum Gasteiger partial charge on any atom is 0.341 e. The molecule has 3 aromatic heterocycles.